The second kappa shape index (κ2) is 4.86. The van der Waals surface area contributed by atoms with Crippen LogP contribution >= 0.6 is 11.6 Å². The van der Waals surface area contributed by atoms with E-state index in [0.717, 1.165) is 5.56 Å². The average Bonchev–Trinajstić information content (AvgIpc) is 2.13. The smallest absolute Gasteiger partial charge is 0.411 e. The van der Waals surface area contributed by atoms with Crippen molar-refractivity contribution in [1.29, 1.82) is 0 Å². The zero-order valence-electron chi connectivity index (χ0n) is 8.13. The molecular formula is C10H12ClNO2. The molecule has 3 nitrogen and oxygen atoms in total. The van der Waals surface area contributed by atoms with Gasteiger partial charge in [-0.15, -0.1) is 0 Å². The second-order valence-electron chi connectivity index (χ2n) is 2.78. The molecule has 0 heterocycles. The van der Waals surface area contributed by atoms with Gasteiger partial charge < -0.3 is 4.74 Å². The van der Waals surface area contributed by atoms with Crippen LogP contribution in [0.5, 0.6) is 0 Å². The fourth-order valence-corrected chi connectivity index (χ4v) is 1.19. The van der Waals surface area contributed by atoms with E-state index in [9.17, 15) is 4.79 Å². The number of ether oxygens (including phenoxy) is 1. The van der Waals surface area contributed by atoms with Gasteiger partial charge in [-0.3, -0.25) is 5.32 Å². The van der Waals surface area contributed by atoms with Crippen molar-refractivity contribution in [2.45, 2.75) is 13.8 Å². The summed E-state index contributed by atoms with van der Waals surface area (Å²) < 4.78 is 4.73. The van der Waals surface area contributed by atoms with Crippen LogP contribution in [-0.4, -0.2) is 12.7 Å². The minimum atomic E-state index is -0.486. The number of benzene rings is 1. The first-order valence-corrected chi connectivity index (χ1v) is 4.71. The van der Waals surface area contributed by atoms with Crippen molar-refractivity contribution in [3.8, 4) is 0 Å². The zero-order valence-corrected chi connectivity index (χ0v) is 8.89. The maximum absolute atomic E-state index is 11.1. The molecule has 0 aliphatic heterocycles. The van der Waals surface area contributed by atoms with Crippen LogP contribution in [0.3, 0.4) is 0 Å². The Morgan fingerprint density at radius 2 is 2.29 bits per heavy atom. The van der Waals surface area contributed by atoms with Gasteiger partial charge in [0.1, 0.15) is 0 Å². The monoisotopic (exact) mass is 213 g/mol. The summed E-state index contributed by atoms with van der Waals surface area (Å²) in [6, 6.07) is 5.42. The molecule has 0 saturated heterocycles. The molecule has 0 fully saturated rings. The van der Waals surface area contributed by atoms with E-state index in [0.29, 0.717) is 17.3 Å². The third kappa shape index (κ3) is 2.64. The van der Waals surface area contributed by atoms with Crippen molar-refractivity contribution < 1.29 is 9.53 Å². The molecular weight excluding hydrogens is 202 g/mol. The first-order valence-electron chi connectivity index (χ1n) is 4.34. The van der Waals surface area contributed by atoms with Gasteiger partial charge in [-0.05, 0) is 25.5 Å². The van der Waals surface area contributed by atoms with Crippen LogP contribution < -0.4 is 5.32 Å². The number of hydrogen-bond donors (Lipinski definition) is 1. The maximum atomic E-state index is 11.1. The van der Waals surface area contributed by atoms with E-state index in [-0.39, 0.29) is 0 Å². The number of hydrogen-bond acceptors (Lipinski definition) is 2. The molecule has 0 aliphatic rings. The molecule has 0 saturated carbocycles. The highest BCUT2D eigenvalue weighted by Crippen LogP contribution is 2.24. The zero-order chi connectivity index (χ0) is 10.6. The molecule has 14 heavy (non-hydrogen) atoms. The van der Waals surface area contributed by atoms with Gasteiger partial charge in [-0.25, -0.2) is 4.79 Å². The summed E-state index contributed by atoms with van der Waals surface area (Å²) in [6.07, 6.45) is -0.486. The Kier molecular flexibility index (Phi) is 3.77. The quantitative estimate of drug-likeness (QED) is 0.819. The van der Waals surface area contributed by atoms with E-state index in [2.05, 4.69) is 5.32 Å². The Morgan fingerprint density at radius 1 is 1.57 bits per heavy atom. The minimum absolute atomic E-state index is 0.343. The number of carbonyl (C=O) groups is 1. The lowest BCUT2D eigenvalue weighted by atomic mass is 10.2. The molecule has 1 aromatic carbocycles. The molecule has 4 heteroatoms. The fourth-order valence-electron chi connectivity index (χ4n) is 1.02. The van der Waals surface area contributed by atoms with Crippen molar-refractivity contribution in [3.63, 3.8) is 0 Å². The first-order chi connectivity index (χ1) is 6.65. The molecule has 0 atom stereocenters. The molecule has 0 spiro atoms. The Labute approximate surface area is 88.0 Å². The number of amides is 1. The van der Waals surface area contributed by atoms with Gasteiger partial charge in [0, 0.05) is 0 Å². The van der Waals surface area contributed by atoms with Gasteiger partial charge in [-0.2, -0.15) is 0 Å². The minimum Gasteiger partial charge on any atom is -0.450 e. The van der Waals surface area contributed by atoms with Crippen molar-refractivity contribution in [2.75, 3.05) is 11.9 Å². The van der Waals surface area contributed by atoms with Gasteiger partial charge in [0.25, 0.3) is 0 Å². The Hall–Kier alpha value is -1.22. The summed E-state index contributed by atoms with van der Waals surface area (Å²) in [5, 5.41) is 3.10. The van der Waals surface area contributed by atoms with E-state index in [4.69, 9.17) is 16.3 Å². The van der Waals surface area contributed by atoms with Crippen LogP contribution in [0.4, 0.5) is 10.5 Å². The summed E-state index contributed by atoms with van der Waals surface area (Å²) in [5.74, 6) is 0. The molecule has 1 amide bonds. The van der Waals surface area contributed by atoms with Crippen molar-refractivity contribution in [3.05, 3.63) is 28.8 Å². The summed E-state index contributed by atoms with van der Waals surface area (Å²) in [7, 11) is 0. The number of nitrogens with one attached hydrogen (secondary N) is 1. The Balaban J connectivity index is 2.76. The molecule has 0 radical (unpaired) electrons. The average molecular weight is 214 g/mol. The summed E-state index contributed by atoms with van der Waals surface area (Å²) >= 11 is 5.97. The van der Waals surface area contributed by atoms with Crippen LogP contribution in [0.1, 0.15) is 12.5 Å². The lowest BCUT2D eigenvalue weighted by Crippen LogP contribution is -2.13. The van der Waals surface area contributed by atoms with E-state index in [1.165, 1.54) is 0 Å². The second-order valence-corrected chi connectivity index (χ2v) is 3.16. The summed E-state index contributed by atoms with van der Waals surface area (Å²) in [5.41, 5.74) is 1.49. The van der Waals surface area contributed by atoms with Gasteiger partial charge in [0.05, 0.1) is 17.3 Å². The number of anilines is 1. The number of carbonyl (C=O) groups excluding carboxylic acids is 1. The highest BCUT2D eigenvalue weighted by molar-refractivity contribution is 6.34. The number of halogens is 1. The standard InChI is InChI=1S/C10H12ClNO2/c1-3-14-10(13)12-8-6-4-5-7(2)9(8)11/h4-6H,3H2,1-2H3,(H,12,13). The van der Waals surface area contributed by atoms with E-state index < -0.39 is 6.09 Å². The van der Waals surface area contributed by atoms with Gasteiger partial charge in [-0.1, -0.05) is 23.7 Å². The fraction of sp³-hybridized carbons (Fsp3) is 0.300. The third-order valence-corrected chi connectivity index (χ3v) is 2.21. The highest BCUT2D eigenvalue weighted by atomic mass is 35.5. The largest absolute Gasteiger partial charge is 0.450 e. The molecule has 0 aliphatic carbocycles. The number of rotatable bonds is 2. The van der Waals surface area contributed by atoms with E-state index >= 15 is 0 Å². The van der Waals surface area contributed by atoms with Crippen LogP contribution in [0, 0.1) is 6.92 Å². The SMILES string of the molecule is CCOC(=O)Nc1cccc(C)c1Cl. The molecule has 0 aromatic heterocycles. The van der Waals surface area contributed by atoms with Crippen LogP contribution in [0.2, 0.25) is 5.02 Å². The first kappa shape index (κ1) is 10.9. The third-order valence-electron chi connectivity index (χ3n) is 1.70. The van der Waals surface area contributed by atoms with Gasteiger partial charge in [0.2, 0.25) is 0 Å². The van der Waals surface area contributed by atoms with Crippen LogP contribution in [0.25, 0.3) is 0 Å². The van der Waals surface area contributed by atoms with Crippen molar-refractivity contribution >= 4 is 23.4 Å². The molecule has 76 valence electrons. The maximum Gasteiger partial charge on any atom is 0.411 e. The molecule has 1 aromatic rings. The Morgan fingerprint density at radius 3 is 2.93 bits per heavy atom. The summed E-state index contributed by atoms with van der Waals surface area (Å²) in [6.45, 7) is 3.96. The van der Waals surface area contributed by atoms with E-state index in [1.807, 2.05) is 19.1 Å². The predicted molar refractivity (Wildman–Crippen MR) is 56.8 cm³/mol. The van der Waals surface area contributed by atoms with E-state index in [1.54, 1.807) is 13.0 Å². The molecule has 0 bridgehead atoms. The van der Waals surface area contributed by atoms with Gasteiger partial charge >= 0.3 is 6.09 Å². The predicted octanol–water partition coefficient (Wildman–Crippen LogP) is 3.22. The molecule has 0 unspecified atom stereocenters. The van der Waals surface area contributed by atoms with Crippen LogP contribution in [0.15, 0.2) is 18.2 Å². The lowest BCUT2D eigenvalue weighted by molar-refractivity contribution is 0.168. The topological polar surface area (TPSA) is 38.3 Å². The highest BCUT2D eigenvalue weighted by Gasteiger charge is 2.06. The lowest BCUT2D eigenvalue weighted by Gasteiger charge is -2.08. The summed E-state index contributed by atoms with van der Waals surface area (Å²) in [4.78, 5) is 11.1. The molecule has 1 N–H and O–H groups in total. The van der Waals surface area contributed by atoms with Crippen LogP contribution in [-0.2, 0) is 4.74 Å². The molecule has 1 rings (SSSR count). The van der Waals surface area contributed by atoms with Gasteiger partial charge in [0.15, 0.2) is 0 Å². The Bertz CT molecular complexity index is 339. The van der Waals surface area contributed by atoms with Crippen molar-refractivity contribution in [2.24, 2.45) is 0 Å². The number of aryl methyl sites for hydroxylation is 1. The normalized spacial score (nSPS) is 9.64. The van der Waals surface area contributed by atoms with Crippen molar-refractivity contribution in [1.82, 2.24) is 0 Å².